The van der Waals surface area contributed by atoms with Crippen molar-refractivity contribution in [1.82, 2.24) is 14.9 Å². The Labute approximate surface area is 112 Å². The monoisotopic (exact) mass is 264 g/mol. The fourth-order valence-electron chi connectivity index (χ4n) is 2.32. The topological polar surface area (TPSA) is 90.9 Å². The lowest BCUT2D eigenvalue weighted by atomic mass is 10.2. The van der Waals surface area contributed by atoms with Crippen molar-refractivity contribution in [3.8, 4) is 0 Å². The molecule has 0 aliphatic carbocycles. The number of anilines is 1. The summed E-state index contributed by atoms with van der Waals surface area (Å²) in [5, 5.41) is 11.5. The fourth-order valence-corrected chi connectivity index (χ4v) is 2.32. The molecule has 7 nitrogen and oxygen atoms in total. The van der Waals surface area contributed by atoms with Crippen molar-refractivity contribution >= 4 is 11.7 Å². The van der Waals surface area contributed by atoms with E-state index in [1.807, 2.05) is 7.05 Å². The lowest BCUT2D eigenvalue weighted by Crippen LogP contribution is -2.37. The largest absolute Gasteiger partial charge is 0.409 e. The van der Waals surface area contributed by atoms with E-state index < -0.39 is 0 Å². The van der Waals surface area contributed by atoms with E-state index in [9.17, 15) is 0 Å². The summed E-state index contributed by atoms with van der Waals surface area (Å²) in [4.78, 5) is 12.9. The minimum Gasteiger partial charge on any atom is -0.409 e. The van der Waals surface area contributed by atoms with Crippen LogP contribution in [0.2, 0.25) is 0 Å². The number of likely N-dealkylation sites (tertiary alicyclic amines) is 1. The van der Waals surface area contributed by atoms with Gasteiger partial charge in [0.15, 0.2) is 5.84 Å². The normalized spacial score (nSPS) is 20.7. The van der Waals surface area contributed by atoms with Gasteiger partial charge in [-0.1, -0.05) is 5.16 Å². The number of rotatable bonds is 4. The third-order valence-electron chi connectivity index (χ3n) is 3.56. The van der Waals surface area contributed by atoms with Crippen LogP contribution in [-0.4, -0.2) is 59.1 Å². The number of nitrogens with two attached hydrogens (primary N) is 1. The Kier molecular flexibility index (Phi) is 4.16. The van der Waals surface area contributed by atoms with E-state index in [-0.39, 0.29) is 5.84 Å². The number of likely N-dealkylation sites (N-methyl/N-ethyl adjacent to an activating group) is 2. The van der Waals surface area contributed by atoms with Gasteiger partial charge in [0, 0.05) is 19.6 Å². The van der Waals surface area contributed by atoms with Gasteiger partial charge in [0.2, 0.25) is 0 Å². The van der Waals surface area contributed by atoms with Gasteiger partial charge in [-0.05, 0) is 26.4 Å². The van der Waals surface area contributed by atoms with Crippen molar-refractivity contribution in [2.45, 2.75) is 18.9 Å². The highest BCUT2D eigenvalue weighted by Crippen LogP contribution is 2.17. The Balaban J connectivity index is 2.01. The summed E-state index contributed by atoms with van der Waals surface area (Å²) >= 11 is 0. The molecule has 3 N–H and O–H groups in total. The predicted octanol–water partition coefficient (Wildman–Crippen LogP) is 0.102. The van der Waals surface area contributed by atoms with E-state index in [0.717, 1.165) is 18.9 Å². The standard InChI is InChI=1S/C12H20N6O/c1-17-5-3-4-9(17)8-18(2)11-7-14-10(6-15-11)12(13)16-19/h6-7,9,19H,3-5,8H2,1-2H3,(H2,13,16). The van der Waals surface area contributed by atoms with Crippen molar-refractivity contribution in [3.05, 3.63) is 18.1 Å². The molecule has 7 heteroatoms. The van der Waals surface area contributed by atoms with Crippen LogP contribution >= 0.6 is 0 Å². The van der Waals surface area contributed by atoms with Crippen LogP contribution in [0, 0.1) is 0 Å². The zero-order chi connectivity index (χ0) is 13.8. The second-order valence-electron chi connectivity index (χ2n) is 4.90. The second-order valence-corrected chi connectivity index (χ2v) is 4.90. The molecule has 0 bridgehead atoms. The number of oxime groups is 1. The van der Waals surface area contributed by atoms with Crippen LogP contribution < -0.4 is 10.6 Å². The fraction of sp³-hybridized carbons (Fsp3) is 0.583. The van der Waals surface area contributed by atoms with Crippen LogP contribution in [-0.2, 0) is 0 Å². The maximum absolute atomic E-state index is 8.56. The van der Waals surface area contributed by atoms with Crippen molar-refractivity contribution < 1.29 is 5.21 Å². The van der Waals surface area contributed by atoms with Crippen LogP contribution in [0.4, 0.5) is 5.82 Å². The van der Waals surface area contributed by atoms with Gasteiger partial charge in [-0.2, -0.15) is 0 Å². The second kappa shape index (κ2) is 5.83. The number of hydrogen-bond acceptors (Lipinski definition) is 6. The van der Waals surface area contributed by atoms with Crippen LogP contribution in [0.3, 0.4) is 0 Å². The third kappa shape index (κ3) is 3.11. The average Bonchev–Trinajstić information content (AvgIpc) is 2.83. The molecule has 2 rings (SSSR count). The molecule has 1 atom stereocenters. The number of hydrogen-bond donors (Lipinski definition) is 2. The average molecular weight is 264 g/mol. The van der Waals surface area contributed by atoms with Crippen molar-refractivity contribution in [3.63, 3.8) is 0 Å². The Bertz CT molecular complexity index is 446. The highest BCUT2D eigenvalue weighted by molar-refractivity contribution is 5.94. The molecule has 1 fully saturated rings. The molecule has 19 heavy (non-hydrogen) atoms. The minimum absolute atomic E-state index is 0.0303. The molecule has 1 saturated heterocycles. The summed E-state index contributed by atoms with van der Waals surface area (Å²) in [6.07, 6.45) is 5.63. The molecule has 1 aliphatic heterocycles. The first-order valence-electron chi connectivity index (χ1n) is 6.33. The van der Waals surface area contributed by atoms with Crippen LogP contribution in [0.5, 0.6) is 0 Å². The highest BCUT2D eigenvalue weighted by atomic mass is 16.4. The Morgan fingerprint density at radius 3 is 2.89 bits per heavy atom. The molecule has 0 aromatic carbocycles. The van der Waals surface area contributed by atoms with Crippen LogP contribution in [0.1, 0.15) is 18.5 Å². The zero-order valence-corrected chi connectivity index (χ0v) is 11.3. The van der Waals surface area contributed by atoms with Gasteiger partial charge in [-0.15, -0.1) is 0 Å². The lowest BCUT2D eigenvalue weighted by molar-refractivity contribution is 0.314. The molecular weight excluding hydrogens is 244 g/mol. The van der Waals surface area contributed by atoms with E-state index in [1.165, 1.54) is 19.0 Å². The molecule has 1 aromatic rings. The number of aromatic nitrogens is 2. The molecule has 0 amide bonds. The van der Waals surface area contributed by atoms with E-state index in [4.69, 9.17) is 10.9 Å². The summed E-state index contributed by atoms with van der Waals surface area (Å²) in [5.74, 6) is 0.756. The molecule has 1 aromatic heterocycles. The molecular formula is C12H20N6O. The van der Waals surface area contributed by atoms with Gasteiger partial charge in [-0.25, -0.2) is 9.97 Å². The maximum atomic E-state index is 8.56. The highest BCUT2D eigenvalue weighted by Gasteiger charge is 2.22. The Morgan fingerprint density at radius 1 is 1.58 bits per heavy atom. The summed E-state index contributed by atoms with van der Waals surface area (Å²) in [5.41, 5.74) is 5.82. The van der Waals surface area contributed by atoms with E-state index in [0.29, 0.717) is 11.7 Å². The van der Waals surface area contributed by atoms with Gasteiger partial charge >= 0.3 is 0 Å². The summed E-state index contributed by atoms with van der Waals surface area (Å²) in [6, 6.07) is 0.565. The molecule has 0 spiro atoms. The third-order valence-corrected chi connectivity index (χ3v) is 3.56. The SMILES string of the molecule is CN(CC1CCCN1C)c1cnc(C(N)=NO)cn1. The minimum atomic E-state index is -0.0303. The number of amidine groups is 1. The van der Waals surface area contributed by atoms with Crippen molar-refractivity contribution in [2.24, 2.45) is 10.9 Å². The maximum Gasteiger partial charge on any atom is 0.190 e. The smallest absolute Gasteiger partial charge is 0.190 e. The van der Waals surface area contributed by atoms with Gasteiger partial charge < -0.3 is 20.7 Å². The lowest BCUT2D eigenvalue weighted by Gasteiger charge is -2.26. The summed E-state index contributed by atoms with van der Waals surface area (Å²) in [7, 11) is 4.15. The number of nitrogens with zero attached hydrogens (tertiary/aromatic N) is 5. The first-order chi connectivity index (χ1) is 9.11. The van der Waals surface area contributed by atoms with Crippen molar-refractivity contribution in [2.75, 3.05) is 32.1 Å². The van der Waals surface area contributed by atoms with Gasteiger partial charge in [0.25, 0.3) is 0 Å². The molecule has 0 saturated carbocycles. The molecule has 1 aliphatic rings. The Morgan fingerprint density at radius 2 is 2.37 bits per heavy atom. The molecule has 0 radical (unpaired) electrons. The first kappa shape index (κ1) is 13.5. The van der Waals surface area contributed by atoms with Gasteiger partial charge in [0.1, 0.15) is 11.5 Å². The quantitative estimate of drug-likeness (QED) is 0.347. The van der Waals surface area contributed by atoms with Gasteiger partial charge in [0.05, 0.1) is 12.4 Å². The van der Waals surface area contributed by atoms with E-state index >= 15 is 0 Å². The molecule has 104 valence electrons. The van der Waals surface area contributed by atoms with Crippen LogP contribution in [0.25, 0.3) is 0 Å². The van der Waals surface area contributed by atoms with Crippen molar-refractivity contribution in [1.29, 1.82) is 0 Å². The van der Waals surface area contributed by atoms with E-state index in [2.05, 4.69) is 32.0 Å². The summed E-state index contributed by atoms with van der Waals surface area (Å²) in [6.45, 7) is 2.08. The van der Waals surface area contributed by atoms with Gasteiger partial charge in [-0.3, -0.25) is 0 Å². The predicted molar refractivity (Wildman–Crippen MR) is 73.5 cm³/mol. The zero-order valence-electron chi connectivity index (χ0n) is 11.3. The summed E-state index contributed by atoms with van der Waals surface area (Å²) < 4.78 is 0. The molecule has 2 heterocycles. The Hall–Kier alpha value is -1.89. The first-order valence-corrected chi connectivity index (χ1v) is 6.33. The molecule has 1 unspecified atom stereocenters. The van der Waals surface area contributed by atoms with E-state index in [1.54, 1.807) is 6.20 Å². The van der Waals surface area contributed by atoms with Crippen LogP contribution in [0.15, 0.2) is 17.5 Å².